The average Bonchev–Trinajstić information content (AvgIpc) is 2.50. The highest BCUT2D eigenvalue weighted by molar-refractivity contribution is 6.19. The van der Waals surface area contributed by atoms with Gasteiger partial charge >= 0.3 is 0 Å². The summed E-state index contributed by atoms with van der Waals surface area (Å²) in [5.41, 5.74) is 6.67. The minimum atomic E-state index is 1.27. The van der Waals surface area contributed by atoms with E-state index in [2.05, 4.69) is 48.5 Å². The molecule has 0 bridgehead atoms. The lowest BCUT2D eigenvalue weighted by atomic mass is 9.70. The second kappa shape index (κ2) is 3.70. The van der Waals surface area contributed by atoms with Crippen LogP contribution >= 0.6 is 0 Å². The van der Waals surface area contributed by atoms with E-state index in [1.54, 1.807) is 27.6 Å². The maximum absolute atomic E-state index is 2.39. The smallest absolute Gasteiger partial charge is 0.00672 e. The molecule has 2 aliphatic carbocycles. The summed E-state index contributed by atoms with van der Waals surface area (Å²) in [4.78, 5) is 0. The second-order valence-electron chi connectivity index (χ2n) is 6.78. The van der Waals surface area contributed by atoms with E-state index in [-0.39, 0.29) is 0 Å². The van der Waals surface area contributed by atoms with Crippen LogP contribution in [-0.4, -0.2) is 0 Å². The van der Waals surface area contributed by atoms with E-state index in [9.17, 15) is 0 Å². The first-order valence-corrected chi connectivity index (χ1v) is 8.31. The number of benzene rings is 4. The number of hydrogen-bond donors (Lipinski definition) is 0. The minimum absolute atomic E-state index is 1.27. The lowest BCUT2D eigenvalue weighted by Gasteiger charge is -2.34. The molecule has 0 aromatic heterocycles. The molecule has 0 fully saturated rings. The van der Waals surface area contributed by atoms with Gasteiger partial charge in [-0.25, -0.2) is 0 Å². The summed E-state index contributed by atoms with van der Waals surface area (Å²) in [5, 5.41) is 8.70. The van der Waals surface area contributed by atoms with Gasteiger partial charge in [0.25, 0.3) is 0 Å². The summed E-state index contributed by atoms with van der Waals surface area (Å²) in [7, 11) is 0. The Hall–Kier alpha value is -2.34. The lowest BCUT2D eigenvalue weighted by molar-refractivity contribution is 0.758. The summed E-state index contributed by atoms with van der Waals surface area (Å²) in [6.45, 7) is 0. The third-order valence-corrected chi connectivity index (χ3v) is 5.90. The summed E-state index contributed by atoms with van der Waals surface area (Å²) in [6, 6.07) is 18.1. The van der Waals surface area contributed by atoms with Crippen LogP contribution in [0, 0.1) is 0 Å². The van der Waals surface area contributed by atoms with Crippen LogP contribution in [0.1, 0.15) is 22.3 Å². The molecule has 0 radical (unpaired) electrons. The Bertz CT molecular complexity index is 1120. The highest BCUT2D eigenvalue weighted by Gasteiger charge is 2.29. The molecule has 0 heterocycles. The predicted molar refractivity (Wildman–Crippen MR) is 93.8 cm³/mol. The first-order valence-electron chi connectivity index (χ1n) is 8.31. The van der Waals surface area contributed by atoms with E-state index in [0.29, 0.717) is 0 Å². The van der Waals surface area contributed by atoms with Crippen LogP contribution in [0.3, 0.4) is 0 Å². The Morgan fingerprint density at radius 2 is 1.14 bits per heavy atom. The molecule has 4 aromatic carbocycles. The van der Waals surface area contributed by atoms with Crippen LogP contribution in [0.15, 0.2) is 48.5 Å². The SMILES string of the molecule is c1ccc2c(c1)ccc1c2ccc2c3c(c4c(c21)CC4)CC3. The van der Waals surface area contributed by atoms with Gasteiger partial charge in [-0.05, 0) is 80.3 Å². The van der Waals surface area contributed by atoms with Crippen molar-refractivity contribution in [2.45, 2.75) is 25.7 Å². The summed E-state index contributed by atoms with van der Waals surface area (Å²) < 4.78 is 0. The zero-order valence-corrected chi connectivity index (χ0v) is 12.4. The number of rotatable bonds is 0. The van der Waals surface area contributed by atoms with Crippen LogP contribution < -0.4 is 0 Å². The number of fused-ring (bicyclic) bond motifs is 10. The number of aryl methyl sites for hydroxylation is 2. The van der Waals surface area contributed by atoms with Gasteiger partial charge in [-0.1, -0.05) is 48.5 Å². The molecular weight excluding hydrogens is 264 g/mol. The quantitative estimate of drug-likeness (QED) is 0.381. The van der Waals surface area contributed by atoms with E-state index >= 15 is 0 Å². The average molecular weight is 280 g/mol. The largest absolute Gasteiger partial charge is 0.0616 e. The maximum Gasteiger partial charge on any atom is -0.00672 e. The van der Waals surface area contributed by atoms with Gasteiger partial charge in [0, 0.05) is 0 Å². The zero-order valence-electron chi connectivity index (χ0n) is 12.4. The van der Waals surface area contributed by atoms with Gasteiger partial charge < -0.3 is 0 Å². The first-order chi connectivity index (χ1) is 10.9. The molecule has 0 spiro atoms. The van der Waals surface area contributed by atoms with Gasteiger partial charge in [0.2, 0.25) is 0 Å². The normalized spacial score (nSPS) is 15.5. The zero-order chi connectivity index (χ0) is 14.3. The van der Waals surface area contributed by atoms with Gasteiger partial charge in [-0.15, -0.1) is 0 Å². The molecule has 0 unspecified atom stereocenters. The minimum Gasteiger partial charge on any atom is -0.0616 e. The Labute approximate surface area is 129 Å². The highest BCUT2D eigenvalue weighted by atomic mass is 14.3. The van der Waals surface area contributed by atoms with E-state index in [1.165, 1.54) is 52.6 Å². The van der Waals surface area contributed by atoms with Crippen molar-refractivity contribution < 1.29 is 0 Å². The van der Waals surface area contributed by atoms with Crippen molar-refractivity contribution in [2.75, 3.05) is 0 Å². The van der Waals surface area contributed by atoms with Gasteiger partial charge in [0.15, 0.2) is 0 Å². The molecule has 0 heteroatoms. The molecule has 22 heavy (non-hydrogen) atoms. The van der Waals surface area contributed by atoms with Crippen molar-refractivity contribution in [3.63, 3.8) is 0 Å². The van der Waals surface area contributed by atoms with E-state index < -0.39 is 0 Å². The monoisotopic (exact) mass is 280 g/mol. The summed E-state index contributed by atoms with van der Waals surface area (Å²) in [5.74, 6) is 0. The summed E-state index contributed by atoms with van der Waals surface area (Å²) >= 11 is 0. The third-order valence-electron chi connectivity index (χ3n) is 5.90. The van der Waals surface area contributed by atoms with Gasteiger partial charge in [-0.3, -0.25) is 0 Å². The second-order valence-corrected chi connectivity index (χ2v) is 6.78. The summed E-state index contributed by atoms with van der Waals surface area (Å²) in [6.07, 6.45) is 5.16. The fraction of sp³-hybridized carbons (Fsp3) is 0.182. The van der Waals surface area contributed by atoms with Gasteiger partial charge in [-0.2, -0.15) is 0 Å². The van der Waals surface area contributed by atoms with Crippen molar-refractivity contribution in [2.24, 2.45) is 0 Å². The predicted octanol–water partition coefficient (Wildman–Crippen LogP) is 5.34. The molecule has 0 saturated carbocycles. The number of hydrogen-bond acceptors (Lipinski definition) is 0. The molecule has 2 aliphatic rings. The van der Waals surface area contributed by atoms with E-state index in [1.807, 2.05) is 0 Å². The lowest BCUT2D eigenvalue weighted by Crippen LogP contribution is -2.21. The van der Waals surface area contributed by atoms with Crippen LogP contribution in [-0.2, 0) is 25.7 Å². The van der Waals surface area contributed by atoms with Gasteiger partial charge in [0.1, 0.15) is 0 Å². The fourth-order valence-corrected chi connectivity index (χ4v) is 4.65. The topological polar surface area (TPSA) is 0 Å². The molecule has 0 nitrogen and oxygen atoms in total. The third kappa shape index (κ3) is 1.17. The van der Waals surface area contributed by atoms with Crippen molar-refractivity contribution >= 4 is 32.3 Å². The van der Waals surface area contributed by atoms with Crippen molar-refractivity contribution in [1.29, 1.82) is 0 Å². The fourth-order valence-electron chi connectivity index (χ4n) is 4.65. The van der Waals surface area contributed by atoms with Crippen molar-refractivity contribution in [3.05, 3.63) is 70.8 Å². The Balaban J connectivity index is 1.90. The Kier molecular flexibility index (Phi) is 1.89. The highest BCUT2D eigenvalue weighted by Crippen LogP contribution is 2.45. The first kappa shape index (κ1) is 11.3. The molecule has 0 saturated heterocycles. The van der Waals surface area contributed by atoms with Gasteiger partial charge in [0.05, 0.1) is 0 Å². The molecule has 0 amide bonds. The maximum atomic E-state index is 2.39. The van der Waals surface area contributed by atoms with E-state index in [0.717, 1.165) is 0 Å². The van der Waals surface area contributed by atoms with Crippen LogP contribution in [0.5, 0.6) is 0 Å². The molecule has 0 atom stereocenters. The molecule has 0 N–H and O–H groups in total. The van der Waals surface area contributed by atoms with Crippen LogP contribution in [0.25, 0.3) is 32.3 Å². The van der Waals surface area contributed by atoms with Crippen molar-refractivity contribution in [3.8, 4) is 0 Å². The molecule has 104 valence electrons. The van der Waals surface area contributed by atoms with Crippen LogP contribution in [0.2, 0.25) is 0 Å². The molecule has 4 aromatic rings. The molecule has 6 rings (SSSR count). The van der Waals surface area contributed by atoms with Crippen LogP contribution in [0.4, 0.5) is 0 Å². The Morgan fingerprint density at radius 3 is 1.95 bits per heavy atom. The van der Waals surface area contributed by atoms with Crippen molar-refractivity contribution in [1.82, 2.24) is 0 Å². The molecule has 0 aliphatic heterocycles. The van der Waals surface area contributed by atoms with E-state index in [4.69, 9.17) is 0 Å². The molecular formula is C22H16. The Morgan fingerprint density at radius 1 is 0.455 bits per heavy atom. The standard InChI is InChI=1S/C22H16/c1-2-4-14-13(3-1)5-6-19-15(14)9-11-20-17-8-7-16(17)18-10-12-21(18)22(19)20/h1-6,9,11H,7-8,10,12H2.